The average Bonchev–Trinajstić information content (AvgIpc) is 2.63. The Morgan fingerprint density at radius 1 is 1.00 bits per heavy atom. The third-order valence-corrected chi connectivity index (χ3v) is 4.19. The molecule has 1 aliphatic rings. The van der Waals surface area contributed by atoms with Crippen molar-refractivity contribution in [1.82, 2.24) is 0 Å². The molecule has 0 bridgehead atoms. The van der Waals surface area contributed by atoms with Gasteiger partial charge in [0.1, 0.15) is 28.6 Å². The number of carbonyl (C=O) groups is 1. The van der Waals surface area contributed by atoms with Gasteiger partial charge < -0.3 is 18.9 Å². The van der Waals surface area contributed by atoms with Crippen molar-refractivity contribution in [3.63, 3.8) is 0 Å². The summed E-state index contributed by atoms with van der Waals surface area (Å²) in [5.74, 6) is 2.19. The van der Waals surface area contributed by atoms with Gasteiger partial charge in [-0.15, -0.1) is 0 Å². The first kappa shape index (κ1) is 16.2. The Labute approximate surface area is 141 Å². The molecule has 0 aliphatic carbocycles. The molecule has 5 heteroatoms. The molecule has 1 atom stereocenters. The minimum atomic E-state index is -0.242. The molecule has 0 amide bonds. The normalized spacial score (nSPS) is 16.1. The van der Waals surface area contributed by atoms with Gasteiger partial charge in [-0.05, 0) is 24.1 Å². The van der Waals surface area contributed by atoms with Gasteiger partial charge in [0, 0.05) is 12.1 Å². The summed E-state index contributed by atoms with van der Waals surface area (Å²) in [6.07, 6.45) is 0.609. The highest BCUT2D eigenvalue weighted by atomic mass is 16.5. The third kappa shape index (κ3) is 3.02. The van der Waals surface area contributed by atoms with Gasteiger partial charge in [0.25, 0.3) is 0 Å². The number of benzene rings is 2. The Balaban J connectivity index is 1.85. The van der Waals surface area contributed by atoms with Crippen LogP contribution in [0.3, 0.4) is 0 Å². The van der Waals surface area contributed by atoms with Crippen molar-refractivity contribution in [2.75, 3.05) is 27.9 Å². The van der Waals surface area contributed by atoms with E-state index >= 15 is 0 Å². The lowest BCUT2D eigenvalue weighted by Gasteiger charge is -2.26. The summed E-state index contributed by atoms with van der Waals surface area (Å²) in [7, 11) is 4.73. The zero-order valence-electron chi connectivity index (χ0n) is 14.0. The zero-order chi connectivity index (χ0) is 17.1. The lowest BCUT2D eigenvalue weighted by Crippen LogP contribution is -2.30. The molecule has 0 fully saturated rings. The fourth-order valence-corrected chi connectivity index (χ4v) is 2.87. The summed E-state index contributed by atoms with van der Waals surface area (Å²) >= 11 is 0. The fraction of sp³-hybridized carbons (Fsp3) is 0.316. The predicted molar refractivity (Wildman–Crippen MR) is 89.6 cm³/mol. The van der Waals surface area contributed by atoms with Crippen LogP contribution in [0.5, 0.6) is 23.0 Å². The van der Waals surface area contributed by atoms with Crippen molar-refractivity contribution in [2.45, 2.75) is 6.42 Å². The second-order valence-corrected chi connectivity index (χ2v) is 5.63. The van der Waals surface area contributed by atoms with Gasteiger partial charge in [0.05, 0.1) is 33.9 Å². The Bertz CT molecular complexity index is 719. The Morgan fingerprint density at radius 3 is 2.33 bits per heavy atom. The molecule has 0 N–H and O–H groups in total. The van der Waals surface area contributed by atoms with E-state index in [9.17, 15) is 4.79 Å². The molecule has 5 nitrogen and oxygen atoms in total. The molecule has 0 aromatic heterocycles. The highest BCUT2D eigenvalue weighted by Crippen LogP contribution is 2.39. The highest BCUT2D eigenvalue weighted by Gasteiger charge is 2.32. The second-order valence-electron chi connectivity index (χ2n) is 5.63. The minimum Gasteiger partial charge on any atom is -0.497 e. The summed E-state index contributed by atoms with van der Waals surface area (Å²) in [5, 5.41) is 0. The van der Waals surface area contributed by atoms with Crippen molar-refractivity contribution in [1.29, 1.82) is 0 Å². The number of fused-ring (bicyclic) bond motifs is 1. The molecule has 2 aromatic rings. The van der Waals surface area contributed by atoms with Crippen molar-refractivity contribution >= 4 is 5.78 Å². The maximum atomic E-state index is 12.9. The molecular formula is C19H20O5. The van der Waals surface area contributed by atoms with Crippen LogP contribution in [-0.2, 0) is 6.42 Å². The number of hydrogen-bond acceptors (Lipinski definition) is 5. The number of carbonyl (C=O) groups excluding carboxylic acids is 1. The number of methoxy groups -OCH3 is 3. The van der Waals surface area contributed by atoms with Gasteiger partial charge in [0.2, 0.25) is 0 Å². The number of rotatable bonds is 5. The monoisotopic (exact) mass is 328 g/mol. The average molecular weight is 328 g/mol. The standard InChI is InChI=1S/C19H20O5/c1-21-14-6-4-12(5-7-14)8-13-11-24-17-10-15(22-2)9-16(23-3)18(17)19(13)20/h4-7,9-10,13H,8,11H2,1-3H3/t13-/m1/s1. The molecule has 0 saturated carbocycles. The van der Waals surface area contributed by atoms with Crippen molar-refractivity contribution in [3.05, 3.63) is 47.5 Å². The molecule has 24 heavy (non-hydrogen) atoms. The van der Waals surface area contributed by atoms with E-state index in [0.29, 0.717) is 35.8 Å². The summed E-state index contributed by atoms with van der Waals surface area (Å²) < 4.78 is 21.5. The van der Waals surface area contributed by atoms with Gasteiger partial charge in [-0.1, -0.05) is 12.1 Å². The van der Waals surface area contributed by atoms with E-state index in [-0.39, 0.29) is 11.7 Å². The first-order valence-electron chi connectivity index (χ1n) is 7.72. The molecular weight excluding hydrogens is 308 g/mol. The van der Waals surface area contributed by atoms with E-state index in [1.165, 1.54) is 7.11 Å². The molecule has 0 saturated heterocycles. The molecule has 1 heterocycles. The minimum absolute atomic E-state index is 0.0339. The second kappa shape index (κ2) is 6.83. The van der Waals surface area contributed by atoms with Crippen molar-refractivity contribution < 1.29 is 23.7 Å². The van der Waals surface area contributed by atoms with E-state index in [1.54, 1.807) is 26.4 Å². The summed E-state index contributed by atoms with van der Waals surface area (Å²) in [6.45, 7) is 0.341. The lowest BCUT2D eigenvalue weighted by molar-refractivity contribution is 0.0825. The van der Waals surface area contributed by atoms with Crippen molar-refractivity contribution in [3.8, 4) is 23.0 Å². The van der Waals surface area contributed by atoms with E-state index in [4.69, 9.17) is 18.9 Å². The number of ketones is 1. The third-order valence-electron chi connectivity index (χ3n) is 4.19. The van der Waals surface area contributed by atoms with Crippen LogP contribution >= 0.6 is 0 Å². The van der Waals surface area contributed by atoms with E-state index < -0.39 is 0 Å². The van der Waals surface area contributed by atoms with Crippen LogP contribution in [0.15, 0.2) is 36.4 Å². The van der Waals surface area contributed by atoms with Crippen molar-refractivity contribution in [2.24, 2.45) is 5.92 Å². The van der Waals surface area contributed by atoms with Gasteiger partial charge >= 0.3 is 0 Å². The molecule has 0 spiro atoms. The topological polar surface area (TPSA) is 54.0 Å². The molecule has 3 rings (SSSR count). The molecule has 2 aromatic carbocycles. The Kier molecular flexibility index (Phi) is 4.60. The van der Waals surface area contributed by atoms with Crippen LogP contribution in [0.25, 0.3) is 0 Å². The number of ether oxygens (including phenoxy) is 4. The lowest BCUT2D eigenvalue weighted by atomic mass is 9.89. The van der Waals surface area contributed by atoms with Gasteiger partial charge in [0.15, 0.2) is 5.78 Å². The van der Waals surface area contributed by atoms with Crippen LogP contribution in [0.1, 0.15) is 15.9 Å². The van der Waals surface area contributed by atoms with E-state index in [0.717, 1.165) is 11.3 Å². The number of Topliss-reactive ketones (excluding diaryl/α,β-unsaturated/α-hetero) is 1. The first-order valence-corrected chi connectivity index (χ1v) is 7.72. The van der Waals surface area contributed by atoms with Gasteiger partial charge in [-0.2, -0.15) is 0 Å². The molecule has 126 valence electrons. The van der Waals surface area contributed by atoms with Gasteiger partial charge in [-0.25, -0.2) is 0 Å². The smallest absolute Gasteiger partial charge is 0.177 e. The maximum absolute atomic E-state index is 12.9. The van der Waals surface area contributed by atoms with Crippen LogP contribution in [0.2, 0.25) is 0 Å². The molecule has 0 unspecified atom stereocenters. The van der Waals surface area contributed by atoms with Crippen LogP contribution < -0.4 is 18.9 Å². The quantitative estimate of drug-likeness (QED) is 0.844. The summed E-state index contributed by atoms with van der Waals surface area (Å²) in [4.78, 5) is 12.9. The first-order chi connectivity index (χ1) is 11.7. The SMILES string of the molecule is COc1ccc(C[C@@H]2COc3cc(OC)cc(OC)c3C2=O)cc1. The van der Waals surface area contributed by atoms with Crippen LogP contribution in [0.4, 0.5) is 0 Å². The van der Waals surface area contributed by atoms with E-state index in [1.807, 2.05) is 24.3 Å². The van der Waals surface area contributed by atoms with E-state index in [2.05, 4.69) is 0 Å². The summed E-state index contributed by atoms with van der Waals surface area (Å²) in [6, 6.07) is 11.1. The molecule has 1 aliphatic heterocycles. The van der Waals surface area contributed by atoms with Crippen LogP contribution in [0, 0.1) is 5.92 Å². The Hall–Kier alpha value is -2.69. The highest BCUT2D eigenvalue weighted by molar-refractivity contribution is 6.04. The maximum Gasteiger partial charge on any atom is 0.177 e. The van der Waals surface area contributed by atoms with Crippen LogP contribution in [-0.4, -0.2) is 33.7 Å². The largest absolute Gasteiger partial charge is 0.497 e. The fourth-order valence-electron chi connectivity index (χ4n) is 2.87. The predicted octanol–water partition coefficient (Wildman–Crippen LogP) is 3.15. The summed E-state index contributed by atoms with van der Waals surface area (Å²) in [5.41, 5.74) is 1.55. The Morgan fingerprint density at radius 2 is 1.71 bits per heavy atom. The number of hydrogen-bond donors (Lipinski definition) is 0. The zero-order valence-corrected chi connectivity index (χ0v) is 14.0. The molecule has 0 radical (unpaired) electrons. The van der Waals surface area contributed by atoms with Gasteiger partial charge in [-0.3, -0.25) is 4.79 Å².